The fourth-order valence-electron chi connectivity index (χ4n) is 2.67. The van der Waals surface area contributed by atoms with E-state index < -0.39 is 0 Å². The van der Waals surface area contributed by atoms with Crippen molar-refractivity contribution >= 4 is 18.0 Å². The maximum atomic E-state index is 12.3. The van der Waals surface area contributed by atoms with Crippen molar-refractivity contribution in [3.63, 3.8) is 0 Å². The van der Waals surface area contributed by atoms with Crippen molar-refractivity contribution < 1.29 is 14.3 Å². The van der Waals surface area contributed by atoms with Crippen LogP contribution in [-0.4, -0.2) is 28.6 Å². The molecule has 5 nitrogen and oxygen atoms in total. The van der Waals surface area contributed by atoms with Crippen LogP contribution in [0.3, 0.4) is 0 Å². The second-order valence-corrected chi connectivity index (χ2v) is 6.48. The molecule has 5 heteroatoms. The summed E-state index contributed by atoms with van der Waals surface area (Å²) < 4.78 is 7.24. The molecular formula is C19H30N2O3. The smallest absolute Gasteiger partial charge is 0.340 e. The van der Waals surface area contributed by atoms with Crippen molar-refractivity contribution in [2.24, 2.45) is 0 Å². The highest BCUT2D eigenvalue weighted by Gasteiger charge is 2.22. The lowest BCUT2D eigenvalue weighted by atomic mass is 10.0. The van der Waals surface area contributed by atoms with Gasteiger partial charge in [-0.25, -0.2) is 4.79 Å². The molecule has 1 rings (SSSR count). The Hall–Kier alpha value is -2.04. The Bertz CT molecular complexity index is 640. The van der Waals surface area contributed by atoms with Gasteiger partial charge in [0.05, 0.1) is 12.2 Å². The van der Waals surface area contributed by atoms with Crippen LogP contribution in [-0.2, 0) is 16.1 Å². The number of aromatic nitrogens is 1. The number of nitrogens with zero attached hydrogens (tertiary/aromatic N) is 1. The highest BCUT2D eigenvalue weighted by atomic mass is 16.5. The van der Waals surface area contributed by atoms with Gasteiger partial charge in [0.25, 0.3) is 0 Å². The summed E-state index contributed by atoms with van der Waals surface area (Å²) in [6.45, 7) is 14.7. The molecule has 134 valence electrons. The van der Waals surface area contributed by atoms with Gasteiger partial charge in [-0.05, 0) is 54.0 Å². The third-order valence-corrected chi connectivity index (χ3v) is 4.37. The number of ether oxygens (including phenoxy) is 1. The average Bonchev–Trinajstić information content (AvgIpc) is 2.75. The average molecular weight is 334 g/mol. The molecule has 0 bridgehead atoms. The van der Waals surface area contributed by atoms with Crippen molar-refractivity contribution in [3.05, 3.63) is 28.6 Å². The van der Waals surface area contributed by atoms with Crippen molar-refractivity contribution in [3.8, 4) is 0 Å². The van der Waals surface area contributed by atoms with Crippen LogP contribution in [0.4, 0.5) is 0 Å². The molecule has 1 heterocycles. The topological polar surface area (TPSA) is 60.3 Å². The lowest BCUT2D eigenvalue weighted by molar-refractivity contribution is -0.118. The van der Waals surface area contributed by atoms with Crippen molar-refractivity contribution in [1.82, 2.24) is 9.88 Å². The lowest BCUT2D eigenvalue weighted by Crippen LogP contribution is -2.41. The van der Waals surface area contributed by atoms with E-state index in [-0.39, 0.29) is 17.4 Å². The van der Waals surface area contributed by atoms with Crippen molar-refractivity contribution in [2.45, 2.75) is 67.0 Å². The van der Waals surface area contributed by atoms with Gasteiger partial charge in [0.1, 0.15) is 0 Å². The Morgan fingerprint density at radius 2 is 1.79 bits per heavy atom. The SMILES string of the molecule is CCOC(=O)c1c(/C=C/C(=O)NC(C)(C)CC)c(C)n(CC)c1C. The molecule has 0 saturated heterocycles. The molecule has 1 aromatic rings. The van der Waals surface area contributed by atoms with E-state index in [1.807, 2.05) is 41.5 Å². The number of amides is 1. The predicted octanol–water partition coefficient (Wildman–Crippen LogP) is 3.62. The Morgan fingerprint density at radius 1 is 1.17 bits per heavy atom. The molecule has 1 N–H and O–H groups in total. The van der Waals surface area contributed by atoms with Gasteiger partial charge in [0.2, 0.25) is 5.91 Å². The van der Waals surface area contributed by atoms with Gasteiger partial charge < -0.3 is 14.6 Å². The van der Waals surface area contributed by atoms with Crippen LogP contribution < -0.4 is 5.32 Å². The predicted molar refractivity (Wildman–Crippen MR) is 97.1 cm³/mol. The Morgan fingerprint density at radius 3 is 2.29 bits per heavy atom. The van der Waals surface area contributed by atoms with Crippen LogP contribution >= 0.6 is 0 Å². The molecule has 0 aliphatic heterocycles. The fourth-order valence-corrected chi connectivity index (χ4v) is 2.67. The number of esters is 1. The number of hydrogen-bond acceptors (Lipinski definition) is 3. The normalized spacial score (nSPS) is 11.8. The number of nitrogens with one attached hydrogen (secondary N) is 1. The van der Waals surface area contributed by atoms with Crippen LogP contribution in [0, 0.1) is 13.8 Å². The third-order valence-electron chi connectivity index (χ3n) is 4.37. The first kappa shape index (κ1) is 20.0. The first-order chi connectivity index (χ1) is 11.2. The van der Waals surface area contributed by atoms with E-state index in [0.717, 1.165) is 29.9 Å². The van der Waals surface area contributed by atoms with Gasteiger partial charge in [-0.1, -0.05) is 6.92 Å². The summed E-state index contributed by atoms with van der Waals surface area (Å²) in [6, 6.07) is 0. The minimum Gasteiger partial charge on any atom is -0.462 e. The molecule has 0 aliphatic carbocycles. The first-order valence-electron chi connectivity index (χ1n) is 8.55. The van der Waals surface area contributed by atoms with Crippen LogP contribution in [0.5, 0.6) is 0 Å². The summed E-state index contributed by atoms with van der Waals surface area (Å²) in [5, 5.41) is 2.96. The van der Waals surface area contributed by atoms with E-state index in [4.69, 9.17) is 4.74 Å². The van der Waals surface area contributed by atoms with Crippen LogP contribution in [0.25, 0.3) is 6.08 Å². The Labute approximate surface area is 145 Å². The van der Waals surface area contributed by atoms with Crippen LogP contribution in [0.15, 0.2) is 6.08 Å². The molecule has 0 radical (unpaired) electrons. The zero-order valence-corrected chi connectivity index (χ0v) is 15.9. The minimum absolute atomic E-state index is 0.169. The van der Waals surface area contributed by atoms with Gasteiger partial charge in [-0.15, -0.1) is 0 Å². The second kappa shape index (κ2) is 8.18. The fraction of sp³-hybridized carbons (Fsp3) is 0.579. The Balaban J connectivity index is 3.21. The molecule has 0 aliphatic rings. The van der Waals surface area contributed by atoms with E-state index in [0.29, 0.717) is 12.2 Å². The summed E-state index contributed by atoms with van der Waals surface area (Å²) in [7, 11) is 0. The molecule has 0 aromatic carbocycles. The number of rotatable bonds is 7. The molecule has 0 fully saturated rings. The standard InChI is InChI=1S/C19H30N2O3/c1-8-19(6,7)20-16(22)12-11-15-13(4)21(9-2)14(5)17(15)18(23)24-10-3/h11-12H,8-10H2,1-7H3,(H,20,22)/b12-11+. The van der Waals surface area contributed by atoms with Crippen molar-refractivity contribution in [1.29, 1.82) is 0 Å². The Kier molecular flexibility index (Phi) is 6.81. The largest absolute Gasteiger partial charge is 0.462 e. The molecule has 0 unspecified atom stereocenters. The maximum absolute atomic E-state index is 12.3. The van der Waals surface area contributed by atoms with Gasteiger partial charge in [-0.3, -0.25) is 4.79 Å². The zero-order valence-electron chi connectivity index (χ0n) is 15.9. The number of carbonyl (C=O) groups is 2. The molecule has 0 spiro atoms. The third kappa shape index (κ3) is 4.49. The van der Waals surface area contributed by atoms with Gasteiger partial charge in [0.15, 0.2) is 0 Å². The van der Waals surface area contributed by atoms with E-state index >= 15 is 0 Å². The zero-order chi connectivity index (χ0) is 18.5. The van der Waals surface area contributed by atoms with Crippen LogP contribution in [0.1, 0.15) is 68.3 Å². The van der Waals surface area contributed by atoms with Gasteiger partial charge in [0, 0.05) is 35.1 Å². The highest BCUT2D eigenvalue weighted by Crippen LogP contribution is 2.25. The molecular weight excluding hydrogens is 304 g/mol. The summed E-state index contributed by atoms with van der Waals surface area (Å²) in [5.74, 6) is -0.516. The van der Waals surface area contributed by atoms with Crippen molar-refractivity contribution in [2.75, 3.05) is 6.61 Å². The number of carbonyl (C=O) groups excluding carboxylic acids is 2. The molecule has 1 aromatic heterocycles. The quantitative estimate of drug-likeness (QED) is 0.612. The summed E-state index contributed by atoms with van der Waals surface area (Å²) in [5.41, 5.74) is 2.85. The van der Waals surface area contributed by atoms with Gasteiger partial charge in [-0.2, -0.15) is 0 Å². The summed E-state index contributed by atoms with van der Waals surface area (Å²) >= 11 is 0. The lowest BCUT2D eigenvalue weighted by Gasteiger charge is -2.23. The number of hydrogen-bond donors (Lipinski definition) is 1. The summed E-state index contributed by atoms with van der Waals surface area (Å²) in [6.07, 6.45) is 4.04. The second-order valence-electron chi connectivity index (χ2n) is 6.48. The monoisotopic (exact) mass is 334 g/mol. The first-order valence-corrected chi connectivity index (χ1v) is 8.55. The van der Waals surface area contributed by atoms with E-state index in [1.54, 1.807) is 13.0 Å². The summed E-state index contributed by atoms with van der Waals surface area (Å²) in [4.78, 5) is 24.5. The van der Waals surface area contributed by atoms with E-state index in [9.17, 15) is 9.59 Å². The molecule has 0 saturated carbocycles. The minimum atomic E-state index is -0.348. The van der Waals surface area contributed by atoms with Crippen LogP contribution in [0.2, 0.25) is 0 Å². The molecule has 1 amide bonds. The van der Waals surface area contributed by atoms with Gasteiger partial charge >= 0.3 is 5.97 Å². The van der Waals surface area contributed by atoms with E-state index in [2.05, 4.69) is 9.88 Å². The molecule has 0 atom stereocenters. The highest BCUT2D eigenvalue weighted by molar-refractivity contribution is 5.99. The maximum Gasteiger partial charge on any atom is 0.340 e. The van der Waals surface area contributed by atoms with E-state index in [1.165, 1.54) is 6.08 Å². The molecule has 24 heavy (non-hydrogen) atoms.